The summed E-state index contributed by atoms with van der Waals surface area (Å²) in [7, 11) is 0. The van der Waals surface area contributed by atoms with Crippen LogP contribution in [-0.2, 0) is 6.42 Å². The van der Waals surface area contributed by atoms with Gasteiger partial charge < -0.3 is 10.4 Å². The van der Waals surface area contributed by atoms with Crippen molar-refractivity contribution in [2.75, 3.05) is 13.2 Å². The molecular formula is C11H18N4O4. The van der Waals surface area contributed by atoms with E-state index in [0.29, 0.717) is 18.5 Å². The molecule has 1 unspecified atom stereocenters. The topological polar surface area (TPSA) is 121 Å². The van der Waals surface area contributed by atoms with Gasteiger partial charge in [0.05, 0.1) is 4.92 Å². The van der Waals surface area contributed by atoms with Gasteiger partial charge in [0.1, 0.15) is 5.69 Å². The number of amides is 1. The first-order valence-electron chi connectivity index (χ1n) is 6.11. The van der Waals surface area contributed by atoms with Crippen LogP contribution in [0.4, 0.5) is 5.69 Å². The van der Waals surface area contributed by atoms with E-state index in [1.807, 2.05) is 6.92 Å². The molecule has 0 aliphatic carbocycles. The monoisotopic (exact) mass is 270 g/mol. The Morgan fingerprint density at radius 2 is 2.32 bits per heavy atom. The van der Waals surface area contributed by atoms with E-state index in [9.17, 15) is 14.9 Å². The third-order valence-corrected chi connectivity index (χ3v) is 2.63. The van der Waals surface area contributed by atoms with Gasteiger partial charge in [0.2, 0.25) is 5.69 Å². The van der Waals surface area contributed by atoms with E-state index >= 15 is 0 Å². The number of H-pyrrole nitrogens is 1. The number of carbonyl (C=O) groups excluding carboxylic acids is 1. The lowest BCUT2D eigenvalue weighted by Gasteiger charge is -2.07. The van der Waals surface area contributed by atoms with E-state index < -0.39 is 10.8 Å². The first-order valence-corrected chi connectivity index (χ1v) is 6.11. The van der Waals surface area contributed by atoms with Gasteiger partial charge in [-0.05, 0) is 12.3 Å². The molecule has 0 spiro atoms. The van der Waals surface area contributed by atoms with Crippen molar-refractivity contribution in [3.8, 4) is 0 Å². The van der Waals surface area contributed by atoms with E-state index in [2.05, 4.69) is 15.5 Å². The second kappa shape index (κ2) is 6.83. The molecule has 0 aliphatic heterocycles. The molecule has 0 aliphatic rings. The summed E-state index contributed by atoms with van der Waals surface area (Å²) in [5, 5.41) is 28.6. The van der Waals surface area contributed by atoms with Crippen molar-refractivity contribution in [2.24, 2.45) is 5.92 Å². The van der Waals surface area contributed by atoms with E-state index in [1.165, 1.54) is 0 Å². The fourth-order valence-electron chi connectivity index (χ4n) is 1.57. The van der Waals surface area contributed by atoms with E-state index in [4.69, 9.17) is 5.11 Å². The number of carbonyl (C=O) groups is 1. The van der Waals surface area contributed by atoms with Crippen molar-refractivity contribution in [3.05, 3.63) is 21.5 Å². The van der Waals surface area contributed by atoms with Crippen LogP contribution in [0.25, 0.3) is 0 Å². The largest absolute Gasteiger partial charge is 0.396 e. The van der Waals surface area contributed by atoms with Crippen LogP contribution in [0.5, 0.6) is 0 Å². The van der Waals surface area contributed by atoms with Crippen molar-refractivity contribution in [1.82, 2.24) is 15.5 Å². The number of nitrogens with one attached hydrogen (secondary N) is 2. The predicted molar refractivity (Wildman–Crippen MR) is 67.8 cm³/mol. The molecule has 0 saturated carbocycles. The molecule has 0 saturated heterocycles. The van der Waals surface area contributed by atoms with E-state index in [1.54, 1.807) is 6.92 Å². The van der Waals surface area contributed by atoms with Crippen LogP contribution in [0.3, 0.4) is 0 Å². The van der Waals surface area contributed by atoms with Gasteiger partial charge in [-0.2, -0.15) is 5.10 Å². The SMILES string of the molecule is CCCc1[nH]nc(C(=O)NCC(C)CO)c1[N+](=O)[O-]. The quantitative estimate of drug-likeness (QED) is 0.495. The maximum absolute atomic E-state index is 11.8. The van der Waals surface area contributed by atoms with Gasteiger partial charge in [-0.25, -0.2) is 0 Å². The molecule has 1 aromatic rings. The summed E-state index contributed by atoms with van der Waals surface area (Å²) in [5.74, 6) is -0.720. The number of nitro groups is 1. The molecule has 1 amide bonds. The number of aliphatic hydroxyl groups excluding tert-OH is 1. The average molecular weight is 270 g/mol. The lowest BCUT2D eigenvalue weighted by Crippen LogP contribution is -2.30. The fourth-order valence-corrected chi connectivity index (χ4v) is 1.57. The fraction of sp³-hybridized carbons (Fsp3) is 0.636. The Kier molecular flexibility index (Phi) is 5.43. The van der Waals surface area contributed by atoms with Crippen molar-refractivity contribution >= 4 is 11.6 Å². The van der Waals surface area contributed by atoms with Crippen molar-refractivity contribution in [3.63, 3.8) is 0 Å². The van der Waals surface area contributed by atoms with Crippen molar-refractivity contribution < 1.29 is 14.8 Å². The molecule has 3 N–H and O–H groups in total. The zero-order chi connectivity index (χ0) is 14.4. The number of aromatic amines is 1. The third-order valence-electron chi connectivity index (χ3n) is 2.63. The zero-order valence-corrected chi connectivity index (χ0v) is 11.0. The molecule has 19 heavy (non-hydrogen) atoms. The van der Waals surface area contributed by atoms with Crippen LogP contribution in [0.15, 0.2) is 0 Å². The van der Waals surface area contributed by atoms with Crippen LogP contribution >= 0.6 is 0 Å². The summed E-state index contributed by atoms with van der Waals surface area (Å²) in [6, 6.07) is 0. The van der Waals surface area contributed by atoms with Crippen LogP contribution in [0.2, 0.25) is 0 Å². The summed E-state index contributed by atoms with van der Waals surface area (Å²) in [6.07, 6.45) is 1.18. The number of aromatic nitrogens is 2. The summed E-state index contributed by atoms with van der Waals surface area (Å²) < 4.78 is 0. The Labute approximate surface area is 110 Å². The lowest BCUT2D eigenvalue weighted by atomic mass is 10.2. The number of aliphatic hydroxyl groups is 1. The lowest BCUT2D eigenvalue weighted by molar-refractivity contribution is -0.385. The summed E-state index contributed by atoms with van der Waals surface area (Å²) in [4.78, 5) is 22.2. The van der Waals surface area contributed by atoms with Gasteiger partial charge in [0, 0.05) is 13.2 Å². The van der Waals surface area contributed by atoms with Gasteiger partial charge >= 0.3 is 5.69 Å². The minimum Gasteiger partial charge on any atom is -0.396 e. The van der Waals surface area contributed by atoms with Gasteiger partial charge in [-0.1, -0.05) is 20.3 Å². The minimum absolute atomic E-state index is 0.0655. The summed E-state index contributed by atoms with van der Waals surface area (Å²) in [6.45, 7) is 3.81. The number of rotatable bonds is 7. The molecule has 0 radical (unpaired) electrons. The molecule has 0 aromatic carbocycles. The molecular weight excluding hydrogens is 252 g/mol. The Bertz CT molecular complexity index is 458. The van der Waals surface area contributed by atoms with Gasteiger partial charge in [-0.15, -0.1) is 0 Å². The van der Waals surface area contributed by atoms with Crippen LogP contribution in [0.1, 0.15) is 36.5 Å². The highest BCUT2D eigenvalue weighted by atomic mass is 16.6. The number of aryl methyl sites for hydroxylation is 1. The maximum atomic E-state index is 11.8. The second-order valence-electron chi connectivity index (χ2n) is 4.40. The second-order valence-corrected chi connectivity index (χ2v) is 4.40. The Balaban J connectivity index is 2.87. The maximum Gasteiger partial charge on any atom is 0.322 e. The third kappa shape index (κ3) is 3.75. The molecule has 1 rings (SSSR count). The molecule has 0 fully saturated rings. The highest BCUT2D eigenvalue weighted by Crippen LogP contribution is 2.22. The molecule has 1 aromatic heterocycles. The summed E-state index contributed by atoms with van der Waals surface area (Å²) >= 11 is 0. The van der Waals surface area contributed by atoms with E-state index in [-0.39, 0.29) is 30.5 Å². The minimum atomic E-state index is -0.606. The number of hydrogen-bond acceptors (Lipinski definition) is 5. The van der Waals surface area contributed by atoms with Gasteiger partial charge in [-0.3, -0.25) is 20.0 Å². The van der Waals surface area contributed by atoms with Crippen LogP contribution < -0.4 is 5.32 Å². The molecule has 0 bridgehead atoms. The number of nitrogens with zero attached hydrogens (tertiary/aromatic N) is 2. The average Bonchev–Trinajstić information content (AvgIpc) is 2.79. The smallest absolute Gasteiger partial charge is 0.322 e. The standard InChI is InChI=1S/C11H18N4O4/c1-3-4-8-10(15(18)19)9(14-13-8)11(17)12-5-7(2)6-16/h7,16H,3-6H2,1-2H3,(H,12,17)(H,13,14). The van der Waals surface area contributed by atoms with Crippen molar-refractivity contribution in [2.45, 2.75) is 26.7 Å². The first-order chi connectivity index (χ1) is 9.01. The molecule has 1 heterocycles. The van der Waals surface area contributed by atoms with Gasteiger partial charge in [0.25, 0.3) is 5.91 Å². The normalized spacial score (nSPS) is 12.2. The Morgan fingerprint density at radius 1 is 1.63 bits per heavy atom. The number of hydrogen-bond donors (Lipinski definition) is 3. The summed E-state index contributed by atoms with van der Waals surface area (Å²) in [5.41, 5.74) is -0.123. The van der Waals surface area contributed by atoms with E-state index in [0.717, 1.165) is 0 Å². The molecule has 1 atom stereocenters. The van der Waals surface area contributed by atoms with Gasteiger partial charge in [0.15, 0.2) is 0 Å². The van der Waals surface area contributed by atoms with Crippen molar-refractivity contribution in [1.29, 1.82) is 0 Å². The van der Waals surface area contributed by atoms with Crippen LogP contribution in [0, 0.1) is 16.0 Å². The molecule has 8 nitrogen and oxygen atoms in total. The zero-order valence-electron chi connectivity index (χ0n) is 11.0. The highest BCUT2D eigenvalue weighted by molar-refractivity contribution is 5.96. The predicted octanol–water partition coefficient (Wildman–Crippen LogP) is 0.629. The Morgan fingerprint density at radius 3 is 2.84 bits per heavy atom. The highest BCUT2D eigenvalue weighted by Gasteiger charge is 2.28. The molecule has 106 valence electrons. The molecule has 8 heteroatoms. The first kappa shape index (κ1) is 15.1. The Hall–Kier alpha value is -1.96. The van der Waals surface area contributed by atoms with Crippen LogP contribution in [-0.4, -0.2) is 39.3 Å².